The summed E-state index contributed by atoms with van der Waals surface area (Å²) in [4.78, 5) is 18.9. The molecular formula is C17H23N5O. The number of aromatic nitrogens is 3. The van der Waals surface area contributed by atoms with Crippen LogP contribution in [0.3, 0.4) is 0 Å². The highest BCUT2D eigenvalue weighted by Crippen LogP contribution is 2.19. The number of hydrogen-bond acceptors (Lipinski definition) is 4. The van der Waals surface area contributed by atoms with E-state index >= 15 is 0 Å². The highest BCUT2D eigenvalue weighted by molar-refractivity contribution is 5.95. The van der Waals surface area contributed by atoms with Gasteiger partial charge in [-0.15, -0.1) is 0 Å². The molecule has 1 fully saturated rings. The maximum atomic E-state index is 12.9. The normalized spacial score (nSPS) is 17.4. The molecule has 2 aromatic rings. The van der Waals surface area contributed by atoms with Crippen molar-refractivity contribution in [2.45, 2.75) is 32.7 Å². The first-order valence-corrected chi connectivity index (χ1v) is 8.18. The van der Waals surface area contributed by atoms with Crippen molar-refractivity contribution in [3.05, 3.63) is 42.0 Å². The molecule has 1 atom stereocenters. The van der Waals surface area contributed by atoms with E-state index in [0.29, 0.717) is 6.04 Å². The summed E-state index contributed by atoms with van der Waals surface area (Å²) >= 11 is 0. The highest BCUT2D eigenvalue weighted by Gasteiger charge is 2.26. The van der Waals surface area contributed by atoms with Crippen LogP contribution >= 0.6 is 0 Å². The Balaban J connectivity index is 1.84. The van der Waals surface area contributed by atoms with E-state index in [2.05, 4.69) is 22.3 Å². The summed E-state index contributed by atoms with van der Waals surface area (Å²) in [5.74, 6) is 0.119. The van der Waals surface area contributed by atoms with E-state index in [1.807, 2.05) is 30.0 Å². The number of benzene rings is 1. The van der Waals surface area contributed by atoms with Crippen LogP contribution < -0.4 is 5.32 Å². The topological polar surface area (TPSA) is 63.1 Å². The van der Waals surface area contributed by atoms with Crippen LogP contribution in [0.15, 0.2) is 30.9 Å². The van der Waals surface area contributed by atoms with E-state index in [9.17, 15) is 4.79 Å². The Hall–Kier alpha value is -2.21. The van der Waals surface area contributed by atoms with E-state index in [0.717, 1.165) is 49.3 Å². The molecule has 0 spiro atoms. The van der Waals surface area contributed by atoms with E-state index in [4.69, 9.17) is 0 Å². The summed E-state index contributed by atoms with van der Waals surface area (Å²) in [5, 5.41) is 7.50. The summed E-state index contributed by atoms with van der Waals surface area (Å²) < 4.78 is 1.72. The molecule has 122 valence electrons. The minimum absolute atomic E-state index is 0.119. The lowest BCUT2D eigenvalue weighted by molar-refractivity contribution is 0.0692. The van der Waals surface area contributed by atoms with Crippen molar-refractivity contribution in [1.29, 1.82) is 0 Å². The molecule has 0 bridgehead atoms. The molecular weight excluding hydrogens is 290 g/mol. The largest absolute Gasteiger partial charge is 0.334 e. The Labute approximate surface area is 136 Å². The lowest BCUT2D eigenvalue weighted by Crippen LogP contribution is -2.42. The first-order chi connectivity index (χ1) is 11.2. The minimum atomic E-state index is 0.119. The molecule has 1 saturated heterocycles. The molecule has 6 heteroatoms. The van der Waals surface area contributed by atoms with Crippen molar-refractivity contribution in [2.75, 3.05) is 19.6 Å². The number of nitrogens with one attached hydrogen (secondary N) is 1. The molecule has 1 unspecified atom stereocenters. The lowest BCUT2D eigenvalue weighted by atomic mass is 10.1. The quantitative estimate of drug-likeness (QED) is 0.914. The standard InChI is InChI=1S/C17H23N5O/c1-3-8-21(15-6-7-18-10-15)17(23)14-4-5-16(13(2)9-14)22-12-19-11-20-22/h4-5,9,11-12,15,18H,3,6-8,10H2,1-2H3. The maximum absolute atomic E-state index is 12.9. The molecule has 1 N–H and O–H groups in total. The number of aryl methyl sites for hydroxylation is 1. The number of carbonyl (C=O) groups excluding carboxylic acids is 1. The molecule has 3 rings (SSSR count). The van der Waals surface area contributed by atoms with Crippen molar-refractivity contribution < 1.29 is 4.79 Å². The van der Waals surface area contributed by atoms with E-state index in [-0.39, 0.29) is 5.91 Å². The van der Waals surface area contributed by atoms with Gasteiger partial charge in [-0.3, -0.25) is 4.79 Å². The van der Waals surface area contributed by atoms with Crippen LogP contribution in [0.4, 0.5) is 0 Å². The van der Waals surface area contributed by atoms with Gasteiger partial charge in [0, 0.05) is 24.7 Å². The molecule has 0 saturated carbocycles. The van der Waals surface area contributed by atoms with Crippen molar-refractivity contribution in [1.82, 2.24) is 25.0 Å². The maximum Gasteiger partial charge on any atom is 0.254 e. The van der Waals surface area contributed by atoms with Crippen LogP contribution in [-0.2, 0) is 0 Å². The smallest absolute Gasteiger partial charge is 0.254 e. The number of rotatable bonds is 5. The molecule has 1 aliphatic heterocycles. The second-order valence-electron chi connectivity index (χ2n) is 5.99. The van der Waals surface area contributed by atoms with Crippen molar-refractivity contribution in [3.8, 4) is 5.69 Å². The lowest BCUT2D eigenvalue weighted by Gasteiger charge is -2.28. The van der Waals surface area contributed by atoms with Crippen LogP contribution in [0.1, 0.15) is 35.7 Å². The van der Waals surface area contributed by atoms with Gasteiger partial charge in [-0.2, -0.15) is 5.10 Å². The van der Waals surface area contributed by atoms with Gasteiger partial charge in [0.15, 0.2) is 0 Å². The first-order valence-electron chi connectivity index (χ1n) is 8.18. The third kappa shape index (κ3) is 3.27. The van der Waals surface area contributed by atoms with Gasteiger partial charge in [0.05, 0.1) is 5.69 Å². The zero-order chi connectivity index (χ0) is 16.2. The Kier molecular flexibility index (Phi) is 4.71. The second-order valence-corrected chi connectivity index (χ2v) is 5.99. The minimum Gasteiger partial charge on any atom is -0.334 e. The summed E-state index contributed by atoms with van der Waals surface area (Å²) in [5.41, 5.74) is 2.71. The van der Waals surface area contributed by atoms with Crippen molar-refractivity contribution >= 4 is 5.91 Å². The third-order valence-electron chi connectivity index (χ3n) is 4.31. The van der Waals surface area contributed by atoms with Gasteiger partial charge < -0.3 is 10.2 Å². The van der Waals surface area contributed by atoms with Gasteiger partial charge >= 0.3 is 0 Å². The fourth-order valence-corrected chi connectivity index (χ4v) is 3.14. The number of hydrogen-bond donors (Lipinski definition) is 1. The van der Waals surface area contributed by atoms with E-state index in [1.54, 1.807) is 11.0 Å². The van der Waals surface area contributed by atoms with Crippen LogP contribution in [0.25, 0.3) is 5.69 Å². The van der Waals surface area contributed by atoms with Gasteiger partial charge in [-0.05, 0) is 50.1 Å². The van der Waals surface area contributed by atoms with Crippen LogP contribution in [0.2, 0.25) is 0 Å². The number of carbonyl (C=O) groups is 1. The van der Waals surface area contributed by atoms with Crippen LogP contribution in [-0.4, -0.2) is 51.2 Å². The molecule has 2 heterocycles. The van der Waals surface area contributed by atoms with Crippen molar-refractivity contribution in [3.63, 3.8) is 0 Å². The van der Waals surface area contributed by atoms with Gasteiger partial charge in [0.25, 0.3) is 5.91 Å². The predicted octanol–water partition coefficient (Wildman–Crippen LogP) is 1.79. The second kappa shape index (κ2) is 6.91. The van der Waals surface area contributed by atoms with Gasteiger partial charge in [0.1, 0.15) is 12.7 Å². The van der Waals surface area contributed by atoms with E-state index < -0.39 is 0 Å². The monoisotopic (exact) mass is 313 g/mol. The average Bonchev–Trinajstić information content (AvgIpc) is 3.25. The zero-order valence-electron chi connectivity index (χ0n) is 13.7. The van der Waals surface area contributed by atoms with Crippen molar-refractivity contribution in [2.24, 2.45) is 0 Å². The number of nitrogens with zero attached hydrogens (tertiary/aromatic N) is 4. The molecule has 23 heavy (non-hydrogen) atoms. The molecule has 1 aromatic carbocycles. The number of amides is 1. The summed E-state index contributed by atoms with van der Waals surface area (Å²) in [6, 6.07) is 6.08. The molecule has 1 aliphatic rings. The fourth-order valence-electron chi connectivity index (χ4n) is 3.14. The Morgan fingerprint density at radius 1 is 1.48 bits per heavy atom. The van der Waals surface area contributed by atoms with Crippen LogP contribution in [0, 0.1) is 6.92 Å². The van der Waals surface area contributed by atoms with Crippen LogP contribution in [0.5, 0.6) is 0 Å². The summed E-state index contributed by atoms with van der Waals surface area (Å²) in [6.45, 7) is 6.79. The van der Waals surface area contributed by atoms with Gasteiger partial charge in [-0.1, -0.05) is 6.92 Å². The Morgan fingerprint density at radius 2 is 2.35 bits per heavy atom. The molecule has 0 aliphatic carbocycles. The third-order valence-corrected chi connectivity index (χ3v) is 4.31. The SMILES string of the molecule is CCCN(C(=O)c1ccc(-n2cncn2)c(C)c1)C1CCNC1. The Morgan fingerprint density at radius 3 is 2.96 bits per heavy atom. The fraction of sp³-hybridized carbons (Fsp3) is 0.471. The van der Waals surface area contributed by atoms with Gasteiger partial charge in [0.2, 0.25) is 0 Å². The molecule has 1 aromatic heterocycles. The molecule has 0 radical (unpaired) electrons. The average molecular weight is 313 g/mol. The van der Waals surface area contributed by atoms with E-state index in [1.165, 1.54) is 6.33 Å². The zero-order valence-corrected chi connectivity index (χ0v) is 13.7. The molecule has 1 amide bonds. The van der Waals surface area contributed by atoms with Gasteiger partial charge in [-0.25, -0.2) is 9.67 Å². The molecule has 6 nitrogen and oxygen atoms in total. The highest BCUT2D eigenvalue weighted by atomic mass is 16.2. The first kappa shape index (κ1) is 15.7. The predicted molar refractivity (Wildman–Crippen MR) is 88.7 cm³/mol. The summed E-state index contributed by atoms with van der Waals surface area (Å²) in [6.07, 6.45) is 5.17. The Bertz CT molecular complexity index is 662. The summed E-state index contributed by atoms with van der Waals surface area (Å²) in [7, 11) is 0.